The first kappa shape index (κ1) is 6.82. The first-order valence-electron chi connectivity index (χ1n) is 2.94. The van der Waals surface area contributed by atoms with Crippen molar-refractivity contribution in [3.8, 4) is 0 Å². The molecule has 0 fully saturated rings. The molecule has 10 heavy (non-hydrogen) atoms. The minimum Gasteiger partial charge on any atom is -0.294 e. The van der Waals surface area contributed by atoms with Crippen LogP contribution >= 0.6 is 0 Å². The topological polar surface area (TPSA) is 53.7 Å². The molecule has 0 radical (unpaired) electrons. The summed E-state index contributed by atoms with van der Waals surface area (Å²) in [5, 5.41) is 1.40. The second-order valence-electron chi connectivity index (χ2n) is 1.84. The van der Waals surface area contributed by atoms with E-state index in [0.717, 1.165) is 5.70 Å². The lowest BCUT2D eigenvalue weighted by Crippen LogP contribution is -2.41. The van der Waals surface area contributed by atoms with E-state index in [1.54, 1.807) is 19.5 Å². The highest BCUT2D eigenvalue weighted by molar-refractivity contribution is 5.78. The van der Waals surface area contributed by atoms with Crippen molar-refractivity contribution in [1.29, 1.82) is 0 Å². The summed E-state index contributed by atoms with van der Waals surface area (Å²) >= 11 is 0. The fourth-order valence-corrected chi connectivity index (χ4v) is 0.662. The molecule has 1 rings (SSSR count). The van der Waals surface area contributed by atoms with Crippen LogP contribution in [-0.2, 0) is 0 Å². The normalized spacial score (nSPS) is 17.4. The molecule has 0 aromatic carbocycles. The van der Waals surface area contributed by atoms with E-state index in [2.05, 4.69) is 10.4 Å². The summed E-state index contributed by atoms with van der Waals surface area (Å²) in [6.45, 7) is 0. The summed E-state index contributed by atoms with van der Waals surface area (Å²) in [4.78, 5) is 3.82. The average Bonchev–Trinajstić information content (AvgIpc) is 1.94. The molecule has 4 nitrogen and oxygen atoms in total. The summed E-state index contributed by atoms with van der Waals surface area (Å²) in [5.41, 5.74) is 3.63. The molecule has 1 heterocycles. The minimum atomic E-state index is 0.838. The molecule has 0 aliphatic carbocycles. The number of nitrogens with two attached hydrogens (primary N) is 1. The maximum absolute atomic E-state index is 5.48. The summed E-state index contributed by atoms with van der Waals surface area (Å²) in [5.74, 6) is 5.48. The number of nitrogens with one attached hydrogen (secondary N) is 1. The molecule has 0 unspecified atom stereocenters. The fraction of sp³-hybridized carbons (Fsp3) is 0.167. The van der Waals surface area contributed by atoms with Gasteiger partial charge >= 0.3 is 0 Å². The first-order valence-corrected chi connectivity index (χ1v) is 2.94. The number of hydrogen-bond donors (Lipinski definition) is 2. The van der Waals surface area contributed by atoms with Crippen molar-refractivity contribution >= 4 is 6.21 Å². The van der Waals surface area contributed by atoms with E-state index in [0.29, 0.717) is 0 Å². The quantitative estimate of drug-likeness (QED) is 0.389. The number of aliphatic imine (C=N–C) groups is 1. The van der Waals surface area contributed by atoms with E-state index in [9.17, 15) is 0 Å². The average molecular weight is 138 g/mol. The van der Waals surface area contributed by atoms with Crippen molar-refractivity contribution in [3.05, 3.63) is 24.0 Å². The molecular weight excluding hydrogens is 128 g/mol. The molecule has 4 heteroatoms. The molecule has 0 saturated heterocycles. The molecule has 3 N–H and O–H groups in total. The molecule has 0 bridgehead atoms. The Balaban J connectivity index is 2.70. The number of hydrogen-bond acceptors (Lipinski definition) is 4. The summed E-state index contributed by atoms with van der Waals surface area (Å²) in [6.07, 6.45) is 7.15. The Labute approximate surface area is 59.7 Å². The third-order valence-electron chi connectivity index (χ3n) is 1.12. The monoisotopic (exact) mass is 138 g/mol. The number of hydrazine groups is 2. The Morgan fingerprint density at radius 3 is 3.20 bits per heavy atom. The van der Waals surface area contributed by atoms with Crippen molar-refractivity contribution in [2.24, 2.45) is 10.8 Å². The molecule has 0 saturated carbocycles. The summed E-state index contributed by atoms with van der Waals surface area (Å²) in [6, 6.07) is 0. The van der Waals surface area contributed by atoms with E-state index < -0.39 is 0 Å². The second-order valence-corrected chi connectivity index (χ2v) is 1.84. The van der Waals surface area contributed by atoms with Gasteiger partial charge in [0.2, 0.25) is 0 Å². The van der Waals surface area contributed by atoms with Gasteiger partial charge in [-0.2, -0.15) is 0 Å². The van der Waals surface area contributed by atoms with E-state index >= 15 is 0 Å². The number of rotatable bonds is 1. The van der Waals surface area contributed by atoms with Crippen LogP contribution in [-0.4, -0.2) is 18.4 Å². The third kappa shape index (κ3) is 1.35. The zero-order valence-corrected chi connectivity index (χ0v) is 5.78. The van der Waals surface area contributed by atoms with Gasteiger partial charge in [-0.3, -0.25) is 10.4 Å². The zero-order chi connectivity index (χ0) is 7.40. The maximum atomic E-state index is 5.48. The third-order valence-corrected chi connectivity index (χ3v) is 1.12. The van der Waals surface area contributed by atoms with Crippen molar-refractivity contribution < 1.29 is 0 Å². The molecule has 1 aliphatic heterocycles. The zero-order valence-electron chi connectivity index (χ0n) is 5.78. The van der Waals surface area contributed by atoms with Gasteiger partial charge in [0.25, 0.3) is 0 Å². The SMILES string of the molecule is CN=CC1=CC=CNN1N. The number of allylic oxidation sites excluding steroid dienone is 3. The lowest BCUT2D eigenvalue weighted by Gasteiger charge is -2.20. The molecule has 0 atom stereocenters. The van der Waals surface area contributed by atoms with Crippen molar-refractivity contribution in [2.75, 3.05) is 7.05 Å². The molecular formula is C6H10N4. The standard InChI is InChI=1S/C6H10N4/c1-8-5-6-3-2-4-9-10(6)7/h2-5,9H,7H2,1H3. The van der Waals surface area contributed by atoms with Gasteiger partial charge in [0, 0.05) is 19.5 Å². The van der Waals surface area contributed by atoms with E-state index in [4.69, 9.17) is 5.84 Å². The molecule has 0 aromatic heterocycles. The van der Waals surface area contributed by atoms with Crippen LogP contribution in [0.3, 0.4) is 0 Å². The van der Waals surface area contributed by atoms with E-state index in [1.807, 2.05) is 12.2 Å². The van der Waals surface area contributed by atoms with Crippen LogP contribution < -0.4 is 11.3 Å². The molecule has 0 aromatic rings. The first-order chi connectivity index (χ1) is 4.84. The van der Waals surface area contributed by atoms with Gasteiger partial charge in [-0.25, -0.2) is 11.0 Å². The van der Waals surface area contributed by atoms with Crippen LogP contribution in [0.2, 0.25) is 0 Å². The molecule has 0 amide bonds. The molecule has 54 valence electrons. The van der Waals surface area contributed by atoms with E-state index in [1.165, 1.54) is 5.12 Å². The predicted octanol–water partition coefficient (Wildman–Crippen LogP) is -0.221. The van der Waals surface area contributed by atoms with Gasteiger partial charge in [-0.1, -0.05) is 0 Å². The molecule has 1 aliphatic rings. The smallest absolute Gasteiger partial charge is 0.0932 e. The summed E-state index contributed by atoms with van der Waals surface area (Å²) in [7, 11) is 1.70. The Kier molecular flexibility index (Phi) is 2.07. The Bertz CT molecular complexity index is 192. The van der Waals surface area contributed by atoms with Crippen LogP contribution in [0.25, 0.3) is 0 Å². The van der Waals surface area contributed by atoms with Gasteiger partial charge in [-0.05, 0) is 12.2 Å². The fourth-order valence-electron chi connectivity index (χ4n) is 0.662. The highest BCUT2D eigenvalue weighted by Crippen LogP contribution is 1.96. The van der Waals surface area contributed by atoms with Crippen molar-refractivity contribution in [1.82, 2.24) is 10.5 Å². The van der Waals surface area contributed by atoms with Crippen LogP contribution in [0, 0.1) is 0 Å². The van der Waals surface area contributed by atoms with Crippen LogP contribution in [0.1, 0.15) is 0 Å². The van der Waals surface area contributed by atoms with Gasteiger partial charge in [0.1, 0.15) is 0 Å². The Hall–Kier alpha value is -1.29. The van der Waals surface area contributed by atoms with Crippen LogP contribution in [0.5, 0.6) is 0 Å². The number of nitrogens with zero attached hydrogens (tertiary/aromatic N) is 2. The van der Waals surface area contributed by atoms with Gasteiger partial charge in [-0.15, -0.1) is 0 Å². The maximum Gasteiger partial charge on any atom is 0.0932 e. The molecule has 0 spiro atoms. The van der Waals surface area contributed by atoms with Crippen LogP contribution in [0.4, 0.5) is 0 Å². The van der Waals surface area contributed by atoms with Crippen molar-refractivity contribution in [2.45, 2.75) is 0 Å². The lowest BCUT2D eigenvalue weighted by atomic mass is 10.4. The second kappa shape index (κ2) is 3.03. The highest BCUT2D eigenvalue weighted by Gasteiger charge is 2.00. The summed E-state index contributed by atoms with van der Waals surface area (Å²) < 4.78 is 0. The van der Waals surface area contributed by atoms with Gasteiger partial charge < -0.3 is 0 Å². The van der Waals surface area contributed by atoms with Gasteiger partial charge in [0.05, 0.1) is 5.70 Å². The Morgan fingerprint density at radius 1 is 1.80 bits per heavy atom. The van der Waals surface area contributed by atoms with Gasteiger partial charge in [0.15, 0.2) is 0 Å². The highest BCUT2D eigenvalue weighted by atomic mass is 15.7. The minimum absolute atomic E-state index is 0.838. The van der Waals surface area contributed by atoms with E-state index in [-0.39, 0.29) is 0 Å². The predicted molar refractivity (Wildman–Crippen MR) is 40.8 cm³/mol. The Morgan fingerprint density at radius 2 is 2.60 bits per heavy atom. The van der Waals surface area contributed by atoms with Crippen LogP contribution in [0.15, 0.2) is 29.0 Å². The largest absolute Gasteiger partial charge is 0.294 e. The lowest BCUT2D eigenvalue weighted by molar-refractivity contribution is 0.310. The van der Waals surface area contributed by atoms with Crippen molar-refractivity contribution in [3.63, 3.8) is 0 Å².